The smallest absolute Gasteiger partial charge is 0.251 e. The summed E-state index contributed by atoms with van der Waals surface area (Å²) in [5.41, 5.74) is 0.606. The predicted octanol–water partition coefficient (Wildman–Crippen LogP) is 1.16. The van der Waals surface area contributed by atoms with Crippen LogP contribution < -0.4 is 10.1 Å². The van der Waals surface area contributed by atoms with Crippen molar-refractivity contribution in [2.75, 3.05) is 0 Å². The van der Waals surface area contributed by atoms with Gasteiger partial charge in [-0.2, -0.15) is 0 Å². The van der Waals surface area contributed by atoms with E-state index in [9.17, 15) is 4.79 Å². The fourth-order valence-electron chi connectivity index (χ4n) is 1.94. The molecule has 1 N–H and O–H groups in total. The summed E-state index contributed by atoms with van der Waals surface area (Å²) in [5.74, 6) is 1.23. The minimum absolute atomic E-state index is 0.0543. The summed E-state index contributed by atoms with van der Waals surface area (Å²) in [6.07, 6.45) is 2.14. The number of amides is 1. The molecule has 1 aliphatic rings. The fourth-order valence-corrected chi connectivity index (χ4v) is 1.94. The molecule has 110 valence electrons. The number of nitrogens with zero attached hydrogens (tertiary/aromatic N) is 4. The molecule has 0 unspecified atom stereocenters. The standard InChI is InChI=1S/C14H17N5O2/c1-2-19-13(16-17-18-19)9-21-12-5-3-4-10(8-12)14(20)15-11-6-7-11/h3-5,8,11H,2,6-7,9H2,1H3,(H,15,20). The number of rotatable bonds is 6. The molecule has 0 aliphatic heterocycles. The summed E-state index contributed by atoms with van der Waals surface area (Å²) in [4.78, 5) is 12.0. The normalized spacial score (nSPS) is 14.0. The van der Waals surface area contributed by atoms with Crippen molar-refractivity contribution in [2.45, 2.75) is 39.0 Å². The third-order valence-electron chi connectivity index (χ3n) is 3.28. The van der Waals surface area contributed by atoms with Crippen LogP contribution in [0, 0.1) is 0 Å². The average molecular weight is 287 g/mol. The Balaban J connectivity index is 1.64. The molecule has 0 atom stereocenters. The molecule has 21 heavy (non-hydrogen) atoms. The van der Waals surface area contributed by atoms with Crippen LogP contribution in [-0.4, -0.2) is 32.2 Å². The lowest BCUT2D eigenvalue weighted by Crippen LogP contribution is -2.25. The topological polar surface area (TPSA) is 81.9 Å². The van der Waals surface area contributed by atoms with Crippen molar-refractivity contribution in [2.24, 2.45) is 0 Å². The first-order chi connectivity index (χ1) is 10.3. The summed E-state index contributed by atoms with van der Waals surface area (Å²) in [5, 5.41) is 14.3. The first-order valence-corrected chi connectivity index (χ1v) is 7.05. The van der Waals surface area contributed by atoms with Gasteiger partial charge in [0, 0.05) is 18.2 Å². The highest BCUT2D eigenvalue weighted by molar-refractivity contribution is 5.94. The Bertz CT molecular complexity index is 636. The van der Waals surface area contributed by atoms with Gasteiger partial charge in [-0.25, -0.2) is 4.68 Å². The van der Waals surface area contributed by atoms with Crippen LogP contribution in [0.5, 0.6) is 5.75 Å². The van der Waals surface area contributed by atoms with Gasteiger partial charge in [0.25, 0.3) is 5.91 Å². The zero-order chi connectivity index (χ0) is 14.7. The molecule has 1 amide bonds. The van der Waals surface area contributed by atoms with Crippen LogP contribution in [0.25, 0.3) is 0 Å². The molecule has 7 nitrogen and oxygen atoms in total. The summed E-state index contributed by atoms with van der Waals surface area (Å²) >= 11 is 0. The van der Waals surface area contributed by atoms with Gasteiger partial charge in [-0.15, -0.1) is 5.10 Å². The highest BCUT2D eigenvalue weighted by atomic mass is 16.5. The summed E-state index contributed by atoms with van der Waals surface area (Å²) in [6.45, 7) is 2.92. The molecule has 1 saturated carbocycles. The fraction of sp³-hybridized carbons (Fsp3) is 0.429. The maximum Gasteiger partial charge on any atom is 0.251 e. The van der Waals surface area contributed by atoms with Gasteiger partial charge in [-0.3, -0.25) is 4.79 Å². The van der Waals surface area contributed by atoms with Crippen LogP contribution in [0.2, 0.25) is 0 Å². The van der Waals surface area contributed by atoms with Crippen molar-refractivity contribution in [1.29, 1.82) is 0 Å². The zero-order valence-electron chi connectivity index (χ0n) is 11.8. The number of ether oxygens (including phenoxy) is 1. The van der Waals surface area contributed by atoms with Crippen molar-refractivity contribution in [3.05, 3.63) is 35.7 Å². The first-order valence-electron chi connectivity index (χ1n) is 7.05. The molecule has 0 saturated heterocycles. The third kappa shape index (κ3) is 3.36. The third-order valence-corrected chi connectivity index (χ3v) is 3.28. The van der Waals surface area contributed by atoms with Crippen molar-refractivity contribution < 1.29 is 9.53 Å². The van der Waals surface area contributed by atoms with E-state index < -0.39 is 0 Å². The maximum atomic E-state index is 12.0. The highest BCUT2D eigenvalue weighted by Gasteiger charge is 2.23. The van der Waals surface area contributed by atoms with Crippen LogP contribution >= 0.6 is 0 Å². The van der Waals surface area contributed by atoms with Gasteiger partial charge in [0.15, 0.2) is 5.82 Å². The second-order valence-electron chi connectivity index (χ2n) is 4.98. The van der Waals surface area contributed by atoms with Gasteiger partial charge in [0.05, 0.1) is 0 Å². The molecular weight excluding hydrogens is 270 g/mol. The zero-order valence-corrected chi connectivity index (χ0v) is 11.8. The lowest BCUT2D eigenvalue weighted by atomic mass is 10.2. The Kier molecular flexibility index (Phi) is 3.81. The van der Waals surface area contributed by atoms with Crippen molar-refractivity contribution >= 4 is 5.91 Å². The number of aromatic nitrogens is 4. The minimum atomic E-state index is -0.0543. The van der Waals surface area contributed by atoms with Crippen LogP contribution in [0.1, 0.15) is 35.9 Å². The summed E-state index contributed by atoms with van der Waals surface area (Å²) < 4.78 is 7.33. The maximum absolute atomic E-state index is 12.0. The number of hydrogen-bond acceptors (Lipinski definition) is 5. The summed E-state index contributed by atoms with van der Waals surface area (Å²) in [7, 11) is 0. The molecule has 0 bridgehead atoms. The van der Waals surface area contributed by atoms with E-state index in [-0.39, 0.29) is 12.5 Å². The number of aryl methyl sites for hydroxylation is 1. The Hall–Kier alpha value is -2.44. The van der Waals surface area contributed by atoms with Crippen molar-refractivity contribution in [3.63, 3.8) is 0 Å². The van der Waals surface area contributed by atoms with E-state index in [1.54, 1.807) is 22.9 Å². The summed E-state index contributed by atoms with van der Waals surface area (Å²) in [6, 6.07) is 7.48. The minimum Gasteiger partial charge on any atom is -0.486 e. The number of nitrogens with one attached hydrogen (secondary N) is 1. The van der Waals surface area contributed by atoms with Crippen LogP contribution in [0.3, 0.4) is 0 Å². The Morgan fingerprint density at radius 1 is 1.48 bits per heavy atom. The quantitative estimate of drug-likeness (QED) is 0.862. The molecule has 7 heteroatoms. The monoisotopic (exact) mass is 287 g/mol. The molecule has 1 aromatic carbocycles. The van der Waals surface area contributed by atoms with E-state index in [2.05, 4.69) is 20.8 Å². The lowest BCUT2D eigenvalue weighted by molar-refractivity contribution is 0.0950. The molecule has 1 aromatic heterocycles. The SMILES string of the molecule is CCn1nnnc1COc1cccc(C(=O)NC2CC2)c1. The average Bonchev–Trinajstić information content (AvgIpc) is 3.20. The van der Waals surface area contributed by atoms with E-state index in [1.165, 1.54) is 0 Å². The van der Waals surface area contributed by atoms with Gasteiger partial charge < -0.3 is 10.1 Å². The number of benzene rings is 1. The van der Waals surface area contributed by atoms with Gasteiger partial charge in [-0.1, -0.05) is 6.07 Å². The second-order valence-corrected chi connectivity index (χ2v) is 4.98. The molecule has 0 radical (unpaired) electrons. The molecule has 0 spiro atoms. The van der Waals surface area contributed by atoms with Crippen molar-refractivity contribution in [3.8, 4) is 5.75 Å². The highest BCUT2D eigenvalue weighted by Crippen LogP contribution is 2.20. The number of carbonyl (C=O) groups is 1. The second kappa shape index (κ2) is 5.90. The van der Waals surface area contributed by atoms with E-state index >= 15 is 0 Å². The van der Waals surface area contributed by atoms with E-state index in [0.29, 0.717) is 29.7 Å². The van der Waals surface area contributed by atoms with Gasteiger partial charge in [-0.05, 0) is 48.4 Å². The van der Waals surface area contributed by atoms with Crippen molar-refractivity contribution in [1.82, 2.24) is 25.5 Å². The molecule has 1 aliphatic carbocycles. The number of tetrazole rings is 1. The van der Waals surface area contributed by atoms with Gasteiger partial charge in [0.2, 0.25) is 0 Å². The number of hydrogen-bond donors (Lipinski definition) is 1. The predicted molar refractivity (Wildman–Crippen MR) is 74.8 cm³/mol. The molecule has 1 fully saturated rings. The van der Waals surface area contributed by atoms with Crippen LogP contribution in [-0.2, 0) is 13.2 Å². The number of carbonyl (C=O) groups excluding carboxylic acids is 1. The Labute approximate surface area is 122 Å². The van der Waals surface area contributed by atoms with E-state index in [4.69, 9.17) is 4.74 Å². The largest absolute Gasteiger partial charge is 0.486 e. The van der Waals surface area contributed by atoms with E-state index in [1.807, 2.05) is 13.0 Å². The van der Waals surface area contributed by atoms with E-state index in [0.717, 1.165) is 12.8 Å². The van der Waals surface area contributed by atoms with Gasteiger partial charge >= 0.3 is 0 Å². The molecule has 1 heterocycles. The Morgan fingerprint density at radius 3 is 3.10 bits per heavy atom. The van der Waals surface area contributed by atoms with Gasteiger partial charge in [0.1, 0.15) is 12.4 Å². The molecule has 2 aromatic rings. The molecule has 3 rings (SSSR count). The first kappa shape index (κ1) is 13.5. The molecular formula is C14H17N5O2. The van der Waals surface area contributed by atoms with Crippen LogP contribution in [0.4, 0.5) is 0 Å². The lowest BCUT2D eigenvalue weighted by Gasteiger charge is -2.08. The van der Waals surface area contributed by atoms with Crippen LogP contribution in [0.15, 0.2) is 24.3 Å². The Morgan fingerprint density at radius 2 is 2.33 bits per heavy atom.